The molecule has 0 N–H and O–H groups in total. The Morgan fingerprint density at radius 2 is 2.09 bits per heavy atom. The standard InChI is InChI=1S/C17H26N4O/c1-13-18-9-14(10-19-13)11-21-8-7-17(12-21)6-4-5-15(17)16(22)20(2)3/h9-10,15H,4-8,11-12H2,1-3H3/t15-,17-/m0/s1. The molecule has 0 bridgehead atoms. The Morgan fingerprint density at radius 3 is 2.77 bits per heavy atom. The Bertz CT molecular complexity index is 542. The van der Waals surface area contributed by atoms with Crippen LogP contribution in [0.15, 0.2) is 12.4 Å². The molecule has 0 unspecified atom stereocenters. The van der Waals surface area contributed by atoms with E-state index in [1.165, 1.54) is 12.8 Å². The Balaban J connectivity index is 1.68. The van der Waals surface area contributed by atoms with Crippen molar-refractivity contribution < 1.29 is 4.79 Å². The van der Waals surface area contributed by atoms with Crippen LogP contribution in [0.3, 0.4) is 0 Å². The number of rotatable bonds is 3. The lowest BCUT2D eigenvalue weighted by Crippen LogP contribution is -2.40. The summed E-state index contributed by atoms with van der Waals surface area (Å²) in [5, 5.41) is 0. The van der Waals surface area contributed by atoms with Gasteiger partial charge in [0.05, 0.1) is 0 Å². The number of aryl methyl sites for hydroxylation is 1. The van der Waals surface area contributed by atoms with Crippen molar-refractivity contribution in [3.8, 4) is 0 Å². The van der Waals surface area contributed by atoms with Gasteiger partial charge in [-0.1, -0.05) is 6.42 Å². The highest BCUT2D eigenvalue weighted by molar-refractivity contribution is 5.79. The summed E-state index contributed by atoms with van der Waals surface area (Å²) in [4.78, 5) is 25.3. The highest BCUT2D eigenvalue weighted by atomic mass is 16.2. The van der Waals surface area contributed by atoms with Crippen LogP contribution in [0.5, 0.6) is 0 Å². The van der Waals surface area contributed by atoms with Crippen molar-refractivity contribution in [2.75, 3.05) is 27.2 Å². The predicted molar refractivity (Wildman–Crippen MR) is 85.1 cm³/mol. The van der Waals surface area contributed by atoms with Crippen molar-refractivity contribution in [1.29, 1.82) is 0 Å². The highest BCUT2D eigenvalue weighted by Crippen LogP contribution is 2.50. The zero-order chi connectivity index (χ0) is 15.7. The molecule has 1 amide bonds. The second kappa shape index (κ2) is 5.95. The third-order valence-electron chi connectivity index (χ3n) is 5.35. The molecule has 0 radical (unpaired) electrons. The van der Waals surface area contributed by atoms with Crippen molar-refractivity contribution in [3.05, 3.63) is 23.8 Å². The summed E-state index contributed by atoms with van der Waals surface area (Å²) in [7, 11) is 3.76. The average Bonchev–Trinajstić information content (AvgIpc) is 3.08. The third-order valence-corrected chi connectivity index (χ3v) is 5.35. The molecule has 120 valence electrons. The number of amides is 1. The topological polar surface area (TPSA) is 49.3 Å². The number of carbonyl (C=O) groups excluding carboxylic acids is 1. The fourth-order valence-electron chi connectivity index (χ4n) is 4.20. The normalized spacial score (nSPS) is 28.4. The van der Waals surface area contributed by atoms with Crippen molar-refractivity contribution in [2.45, 2.75) is 39.2 Å². The molecule has 1 spiro atoms. The van der Waals surface area contributed by atoms with Gasteiger partial charge in [0, 0.05) is 51.1 Å². The van der Waals surface area contributed by atoms with Crippen LogP contribution in [0.2, 0.25) is 0 Å². The van der Waals surface area contributed by atoms with E-state index in [1.54, 1.807) is 4.90 Å². The van der Waals surface area contributed by atoms with Crippen LogP contribution in [0.25, 0.3) is 0 Å². The monoisotopic (exact) mass is 302 g/mol. The minimum atomic E-state index is 0.201. The van der Waals surface area contributed by atoms with E-state index in [9.17, 15) is 4.79 Å². The predicted octanol–water partition coefficient (Wildman–Crippen LogP) is 1.87. The molecule has 5 nitrogen and oxygen atoms in total. The number of hydrogen-bond donors (Lipinski definition) is 0. The van der Waals surface area contributed by atoms with Crippen LogP contribution >= 0.6 is 0 Å². The fraction of sp³-hybridized carbons (Fsp3) is 0.706. The first kappa shape index (κ1) is 15.4. The zero-order valence-electron chi connectivity index (χ0n) is 13.9. The molecule has 1 aliphatic heterocycles. The molecule has 2 aliphatic rings. The lowest BCUT2D eigenvalue weighted by atomic mass is 9.76. The van der Waals surface area contributed by atoms with Gasteiger partial charge < -0.3 is 4.90 Å². The number of likely N-dealkylation sites (tertiary alicyclic amines) is 1. The zero-order valence-corrected chi connectivity index (χ0v) is 13.9. The van der Waals surface area contributed by atoms with Gasteiger partial charge in [0.25, 0.3) is 0 Å². The van der Waals surface area contributed by atoms with E-state index in [-0.39, 0.29) is 11.3 Å². The van der Waals surface area contributed by atoms with Gasteiger partial charge in [0.15, 0.2) is 0 Å². The van der Waals surface area contributed by atoms with Gasteiger partial charge in [-0.05, 0) is 38.1 Å². The molecule has 1 saturated carbocycles. The summed E-state index contributed by atoms with van der Waals surface area (Å²) in [6, 6.07) is 0. The first-order chi connectivity index (χ1) is 10.5. The van der Waals surface area contributed by atoms with E-state index in [2.05, 4.69) is 14.9 Å². The first-order valence-electron chi connectivity index (χ1n) is 8.21. The van der Waals surface area contributed by atoms with Crippen molar-refractivity contribution >= 4 is 5.91 Å². The number of aromatic nitrogens is 2. The van der Waals surface area contributed by atoms with Gasteiger partial charge in [0.1, 0.15) is 5.82 Å². The molecule has 1 aromatic rings. The van der Waals surface area contributed by atoms with Crippen LogP contribution in [0, 0.1) is 18.3 Å². The second-order valence-electron chi connectivity index (χ2n) is 7.14. The molecule has 5 heteroatoms. The van der Waals surface area contributed by atoms with Crippen molar-refractivity contribution in [2.24, 2.45) is 11.3 Å². The molecule has 2 fully saturated rings. The molecule has 0 aromatic carbocycles. The van der Waals surface area contributed by atoms with E-state index < -0.39 is 0 Å². The summed E-state index contributed by atoms with van der Waals surface area (Å²) in [6.07, 6.45) is 8.42. The quantitative estimate of drug-likeness (QED) is 0.855. The Labute approximate surface area is 132 Å². The molecule has 2 atom stereocenters. The lowest BCUT2D eigenvalue weighted by molar-refractivity contribution is -0.136. The maximum Gasteiger partial charge on any atom is 0.225 e. The van der Waals surface area contributed by atoms with Gasteiger partial charge in [-0.3, -0.25) is 9.69 Å². The van der Waals surface area contributed by atoms with Gasteiger partial charge in [-0.25, -0.2) is 9.97 Å². The summed E-state index contributed by atoms with van der Waals surface area (Å²) in [5.74, 6) is 1.34. The third kappa shape index (κ3) is 2.86. The Hall–Kier alpha value is -1.49. The molecular weight excluding hydrogens is 276 g/mol. The molecule has 1 aliphatic carbocycles. The van der Waals surface area contributed by atoms with Gasteiger partial charge in [-0.15, -0.1) is 0 Å². The van der Waals surface area contributed by atoms with Crippen LogP contribution in [0.1, 0.15) is 37.1 Å². The first-order valence-corrected chi connectivity index (χ1v) is 8.21. The molecule has 2 heterocycles. The summed E-state index contributed by atoms with van der Waals surface area (Å²) in [6.45, 7) is 4.91. The van der Waals surface area contributed by atoms with Gasteiger partial charge >= 0.3 is 0 Å². The number of hydrogen-bond acceptors (Lipinski definition) is 4. The van der Waals surface area contributed by atoms with Crippen molar-refractivity contribution in [1.82, 2.24) is 19.8 Å². The highest BCUT2D eigenvalue weighted by Gasteiger charge is 2.50. The molecule has 1 aromatic heterocycles. The van der Waals surface area contributed by atoms with E-state index in [4.69, 9.17) is 0 Å². The minimum absolute atomic E-state index is 0.201. The fourth-order valence-corrected chi connectivity index (χ4v) is 4.20. The van der Waals surface area contributed by atoms with E-state index >= 15 is 0 Å². The van der Waals surface area contributed by atoms with Crippen LogP contribution < -0.4 is 0 Å². The minimum Gasteiger partial charge on any atom is -0.349 e. The maximum atomic E-state index is 12.5. The van der Waals surface area contributed by atoms with E-state index in [1.807, 2.05) is 33.4 Å². The van der Waals surface area contributed by atoms with E-state index in [0.29, 0.717) is 5.91 Å². The average molecular weight is 302 g/mol. The van der Waals surface area contributed by atoms with Crippen molar-refractivity contribution in [3.63, 3.8) is 0 Å². The van der Waals surface area contributed by atoms with Gasteiger partial charge in [-0.2, -0.15) is 0 Å². The summed E-state index contributed by atoms with van der Waals surface area (Å²) in [5.41, 5.74) is 1.36. The maximum absolute atomic E-state index is 12.5. The Morgan fingerprint density at radius 1 is 1.36 bits per heavy atom. The SMILES string of the molecule is Cc1ncc(CN2CC[C@@]3(CCC[C@H]3C(=O)N(C)C)C2)cn1. The molecule has 1 saturated heterocycles. The second-order valence-corrected chi connectivity index (χ2v) is 7.14. The van der Waals surface area contributed by atoms with E-state index in [0.717, 1.165) is 43.9 Å². The smallest absolute Gasteiger partial charge is 0.225 e. The number of carbonyl (C=O) groups is 1. The largest absolute Gasteiger partial charge is 0.349 e. The lowest BCUT2D eigenvalue weighted by Gasteiger charge is -2.32. The van der Waals surface area contributed by atoms with Crippen LogP contribution in [-0.2, 0) is 11.3 Å². The number of nitrogens with zero attached hydrogens (tertiary/aromatic N) is 4. The summed E-state index contributed by atoms with van der Waals surface area (Å²) >= 11 is 0. The van der Waals surface area contributed by atoms with Gasteiger partial charge in [0.2, 0.25) is 5.91 Å². The van der Waals surface area contributed by atoms with Crippen LogP contribution in [0.4, 0.5) is 0 Å². The van der Waals surface area contributed by atoms with Crippen LogP contribution in [-0.4, -0.2) is 52.9 Å². The molecule has 22 heavy (non-hydrogen) atoms. The molecular formula is C17H26N4O. The Kier molecular flexibility index (Phi) is 4.17. The molecule has 3 rings (SSSR count). The summed E-state index contributed by atoms with van der Waals surface area (Å²) < 4.78 is 0.